The van der Waals surface area contributed by atoms with Crippen LogP contribution in [0.2, 0.25) is 0 Å². The van der Waals surface area contributed by atoms with Crippen molar-refractivity contribution in [3.05, 3.63) is 29.3 Å². The van der Waals surface area contributed by atoms with Gasteiger partial charge in [-0.25, -0.2) is 8.78 Å². The summed E-state index contributed by atoms with van der Waals surface area (Å²) in [5.74, 6) is -2.27. The monoisotopic (exact) mass is 241 g/mol. The first-order chi connectivity index (χ1) is 8.13. The van der Waals surface area contributed by atoms with Gasteiger partial charge in [-0.3, -0.25) is 4.79 Å². The molecular weight excluding hydrogens is 228 g/mol. The molecule has 3 nitrogen and oxygen atoms in total. The number of nitrogens with one attached hydrogen (secondary N) is 1. The van der Waals surface area contributed by atoms with E-state index in [2.05, 4.69) is 10.1 Å². The smallest absolute Gasteiger partial charge is 0.170 e. The molecule has 1 aliphatic rings. The molecule has 1 heterocycles. The van der Waals surface area contributed by atoms with E-state index in [-0.39, 0.29) is 23.0 Å². The molecule has 5 heteroatoms. The Kier molecular flexibility index (Phi) is 3.38. The van der Waals surface area contributed by atoms with E-state index in [9.17, 15) is 13.6 Å². The van der Waals surface area contributed by atoms with E-state index in [4.69, 9.17) is 0 Å². The van der Waals surface area contributed by atoms with Crippen LogP contribution in [0.3, 0.4) is 0 Å². The summed E-state index contributed by atoms with van der Waals surface area (Å²) in [6.45, 7) is 1.25. The summed E-state index contributed by atoms with van der Waals surface area (Å²) in [4.78, 5) is 11.9. The van der Waals surface area contributed by atoms with E-state index >= 15 is 0 Å². The van der Waals surface area contributed by atoms with Crippen molar-refractivity contribution in [3.63, 3.8) is 0 Å². The second-order valence-corrected chi connectivity index (χ2v) is 4.02. The first-order valence-corrected chi connectivity index (χ1v) is 5.41. The maximum atomic E-state index is 13.6. The van der Waals surface area contributed by atoms with Crippen molar-refractivity contribution in [2.75, 3.05) is 20.2 Å². The molecule has 0 bridgehead atoms. The van der Waals surface area contributed by atoms with E-state index < -0.39 is 11.6 Å². The van der Waals surface area contributed by atoms with Crippen LogP contribution in [0.15, 0.2) is 12.1 Å². The molecule has 0 spiro atoms. The molecule has 1 fully saturated rings. The Morgan fingerprint density at radius 3 is 2.76 bits per heavy atom. The van der Waals surface area contributed by atoms with Crippen molar-refractivity contribution in [2.24, 2.45) is 5.92 Å². The molecule has 1 atom stereocenters. The van der Waals surface area contributed by atoms with Crippen molar-refractivity contribution >= 4 is 5.78 Å². The van der Waals surface area contributed by atoms with Crippen LogP contribution in [0.4, 0.5) is 8.78 Å². The number of rotatable bonds is 3. The summed E-state index contributed by atoms with van der Waals surface area (Å²) in [6, 6.07) is 1.82. The van der Waals surface area contributed by atoms with Gasteiger partial charge in [0.1, 0.15) is 5.82 Å². The summed E-state index contributed by atoms with van der Waals surface area (Å²) in [7, 11) is 1.25. The highest BCUT2D eigenvalue weighted by atomic mass is 19.1. The number of hydrogen-bond acceptors (Lipinski definition) is 3. The van der Waals surface area contributed by atoms with Crippen LogP contribution in [-0.2, 0) is 0 Å². The van der Waals surface area contributed by atoms with Gasteiger partial charge in [-0.2, -0.15) is 0 Å². The third-order valence-corrected chi connectivity index (χ3v) is 2.94. The zero-order chi connectivity index (χ0) is 12.4. The molecule has 92 valence electrons. The molecule has 1 unspecified atom stereocenters. The van der Waals surface area contributed by atoms with Gasteiger partial charge in [0, 0.05) is 18.5 Å². The van der Waals surface area contributed by atoms with E-state index in [1.54, 1.807) is 0 Å². The van der Waals surface area contributed by atoms with Gasteiger partial charge >= 0.3 is 0 Å². The maximum absolute atomic E-state index is 13.6. The summed E-state index contributed by atoms with van der Waals surface area (Å²) in [5.41, 5.74) is -0.197. The van der Waals surface area contributed by atoms with Crippen molar-refractivity contribution < 1.29 is 18.3 Å². The highest BCUT2D eigenvalue weighted by Gasteiger charge is 2.26. The molecule has 1 aromatic rings. The van der Waals surface area contributed by atoms with Gasteiger partial charge in [-0.1, -0.05) is 0 Å². The molecular formula is C12H13F2NO2. The van der Waals surface area contributed by atoms with Crippen LogP contribution < -0.4 is 10.1 Å². The Bertz CT molecular complexity index is 442. The largest absolute Gasteiger partial charge is 0.494 e. The molecule has 1 N–H and O–H groups in total. The Morgan fingerprint density at radius 2 is 2.18 bits per heavy atom. The molecule has 0 radical (unpaired) electrons. The van der Waals surface area contributed by atoms with Gasteiger partial charge in [0.05, 0.1) is 12.7 Å². The molecule has 1 aromatic carbocycles. The number of hydrogen-bond donors (Lipinski definition) is 1. The SMILES string of the molecule is COc1cc(F)c(C(=O)C2CCNC2)cc1F. The highest BCUT2D eigenvalue weighted by Crippen LogP contribution is 2.24. The lowest BCUT2D eigenvalue weighted by Gasteiger charge is -2.10. The minimum Gasteiger partial charge on any atom is -0.494 e. The predicted octanol–water partition coefficient (Wildman–Crippen LogP) is 1.77. The number of ketones is 1. The van der Waals surface area contributed by atoms with Gasteiger partial charge in [-0.15, -0.1) is 0 Å². The number of carbonyl (C=O) groups is 1. The molecule has 17 heavy (non-hydrogen) atoms. The lowest BCUT2D eigenvalue weighted by Crippen LogP contribution is -2.19. The second-order valence-electron chi connectivity index (χ2n) is 4.02. The first-order valence-electron chi connectivity index (χ1n) is 5.41. The lowest BCUT2D eigenvalue weighted by atomic mass is 9.96. The van der Waals surface area contributed by atoms with E-state index in [1.807, 2.05) is 0 Å². The van der Waals surface area contributed by atoms with E-state index in [1.165, 1.54) is 7.11 Å². The molecule has 1 saturated heterocycles. The summed E-state index contributed by atoms with van der Waals surface area (Å²) in [6.07, 6.45) is 0.659. The van der Waals surface area contributed by atoms with Crippen LogP contribution in [-0.4, -0.2) is 26.0 Å². The number of halogens is 2. The third-order valence-electron chi connectivity index (χ3n) is 2.94. The van der Waals surface area contributed by atoms with Crippen molar-refractivity contribution in [1.29, 1.82) is 0 Å². The third kappa shape index (κ3) is 2.29. The van der Waals surface area contributed by atoms with Crippen LogP contribution in [0.1, 0.15) is 16.8 Å². The van der Waals surface area contributed by atoms with E-state index in [0.29, 0.717) is 13.0 Å². The number of Topliss-reactive ketones (excluding diaryl/α,β-unsaturated/α-hetero) is 1. The van der Waals surface area contributed by atoms with Crippen molar-refractivity contribution in [2.45, 2.75) is 6.42 Å². The lowest BCUT2D eigenvalue weighted by molar-refractivity contribution is 0.0925. The predicted molar refractivity (Wildman–Crippen MR) is 58.2 cm³/mol. The average molecular weight is 241 g/mol. The summed E-state index contributed by atoms with van der Waals surface area (Å²) >= 11 is 0. The molecule has 1 aliphatic heterocycles. The molecule has 0 saturated carbocycles. The van der Waals surface area contributed by atoms with Crippen molar-refractivity contribution in [3.8, 4) is 5.75 Å². The van der Waals surface area contributed by atoms with Crippen molar-refractivity contribution in [1.82, 2.24) is 5.32 Å². The highest BCUT2D eigenvalue weighted by molar-refractivity contribution is 5.98. The zero-order valence-electron chi connectivity index (χ0n) is 9.43. The zero-order valence-corrected chi connectivity index (χ0v) is 9.43. The Labute approximate surface area is 97.8 Å². The number of ether oxygens (including phenoxy) is 1. The maximum Gasteiger partial charge on any atom is 0.170 e. The van der Waals surface area contributed by atoms with Crippen LogP contribution in [0.25, 0.3) is 0 Å². The molecule has 0 amide bonds. The Balaban J connectivity index is 2.31. The summed E-state index contributed by atoms with van der Waals surface area (Å²) < 4.78 is 31.7. The van der Waals surface area contributed by atoms with Crippen LogP contribution in [0.5, 0.6) is 5.75 Å². The number of methoxy groups -OCH3 is 1. The number of benzene rings is 1. The average Bonchev–Trinajstić information content (AvgIpc) is 2.84. The quantitative estimate of drug-likeness (QED) is 0.819. The van der Waals surface area contributed by atoms with Gasteiger partial charge in [0.25, 0.3) is 0 Å². The van der Waals surface area contributed by atoms with Crippen LogP contribution in [0, 0.1) is 17.6 Å². The Morgan fingerprint density at radius 1 is 1.41 bits per heavy atom. The van der Waals surface area contributed by atoms with Gasteiger partial charge in [0.15, 0.2) is 17.3 Å². The standard InChI is InChI=1S/C12H13F2NO2/c1-17-11-5-9(13)8(4-10(11)14)12(16)7-2-3-15-6-7/h4-5,7,15H,2-3,6H2,1H3. The fourth-order valence-corrected chi connectivity index (χ4v) is 1.97. The minimum absolute atomic E-state index is 0.191. The molecule has 0 aromatic heterocycles. The van der Waals surface area contributed by atoms with Crippen LogP contribution >= 0.6 is 0 Å². The van der Waals surface area contributed by atoms with E-state index in [0.717, 1.165) is 18.7 Å². The second kappa shape index (κ2) is 4.79. The Hall–Kier alpha value is -1.49. The van der Waals surface area contributed by atoms with Gasteiger partial charge in [0.2, 0.25) is 0 Å². The number of carbonyl (C=O) groups excluding carboxylic acids is 1. The van der Waals surface area contributed by atoms with Gasteiger partial charge < -0.3 is 10.1 Å². The summed E-state index contributed by atoms with van der Waals surface area (Å²) in [5, 5.41) is 3.02. The normalized spacial score (nSPS) is 19.4. The molecule has 2 rings (SSSR count). The fourth-order valence-electron chi connectivity index (χ4n) is 1.97. The fraction of sp³-hybridized carbons (Fsp3) is 0.417. The topological polar surface area (TPSA) is 38.3 Å². The first kappa shape index (κ1) is 12.0. The van der Waals surface area contributed by atoms with Gasteiger partial charge in [-0.05, 0) is 19.0 Å². The molecule has 0 aliphatic carbocycles. The minimum atomic E-state index is -0.736.